The smallest absolute Gasteiger partial charge is 0.222 e. The number of rotatable bonds is 4. The monoisotopic (exact) mass is 166 g/mol. The molecule has 5 nitrogen and oxygen atoms in total. The zero-order valence-corrected chi connectivity index (χ0v) is 6.19. The highest BCUT2D eigenvalue weighted by atomic mass is 32.2. The molecule has 0 aromatic rings. The van der Waals surface area contributed by atoms with Gasteiger partial charge in [0.25, 0.3) is 0 Å². The average Bonchev–Trinajstić information content (AvgIpc) is 1.85. The van der Waals surface area contributed by atoms with Gasteiger partial charge in [-0.3, -0.25) is 4.79 Å². The van der Waals surface area contributed by atoms with Crippen molar-refractivity contribution in [3.63, 3.8) is 0 Å². The van der Waals surface area contributed by atoms with Crippen LogP contribution in [0.25, 0.3) is 0 Å². The minimum atomic E-state index is -1.96. The maximum absolute atomic E-state index is 10.5. The Morgan fingerprint density at radius 1 is 1.70 bits per heavy atom. The van der Waals surface area contributed by atoms with Gasteiger partial charge in [-0.05, 0) is 0 Å². The lowest BCUT2D eigenvalue weighted by Crippen LogP contribution is -2.28. The number of carbonyl (C=O) groups is 1. The number of hydrogen-bond donors (Lipinski definition) is 3. The molecule has 1 atom stereocenters. The SMILES string of the molecule is NCCC(=O)NCS(=O)O. The lowest BCUT2D eigenvalue weighted by Gasteiger charge is -1.98. The van der Waals surface area contributed by atoms with Crippen LogP contribution < -0.4 is 11.1 Å². The molecule has 6 heteroatoms. The molecule has 0 aliphatic rings. The summed E-state index contributed by atoms with van der Waals surface area (Å²) in [6.45, 7) is 0.254. The topological polar surface area (TPSA) is 92.4 Å². The van der Waals surface area contributed by atoms with Crippen molar-refractivity contribution in [3.05, 3.63) is 0 Å². The molecule has 0 saturated heterocycles. The third kappa shape index (κ3) is 5.67. The maximum Gasteiger partial charge on any atom is 0.222 e. The van der Waals surface area contributed by atoms with E-state index in [0.29, 0.717) is 0 Å². The lowest BCUT2D eigenvalue weighted by atomic mass is 10.4. The predicted octanol–water partition coefficient (Wildman–Crippen LogP) is -1.37. The molecule has 0 radical (unpaired) electrons. The van der Waals surface area contributed by atoms with Crippen LogP contribution in [-0.4, -0.2) is 27.1 Å². The van der Waals surface area contributed by atoms with Gasteiger partial charge in [-0.15, -0.1) is 0 Å². The summed E-state index contributed by atoms with van der Waals surface area (Å²) < 4.78 is 18.2. The second-order valence-electron chi connectivity index (χ2n) is 1.60. The van der Waals surface area contributed by atoms with E-state index in [4.69, 9.17) is 10.3 Å². The van der Waals surface area contributed by atoms with Crippen molar-refractivity contribution in [1.29, 1.82) is 0 Å². The van der Waals surface area contributed by atoms with Crippen molar-refractivity contribution in [2.45, 2.75) is 6.42 Å². The molecule has 0 bridgehead atoms. The van der Waals surface area contributed by atoms with Crippen LogP contribution in [0.15, 0.2) is 0 Å². The summed E-state index contributed by atoms with van der Waals surface area (Å²) in [7, 11) is 0. The summed E-state index contributed by atoms with van der Waals surface area (Å²) in [5.74, 6) is -0.524. The number of carbonyl (C=O) groups excluding carboxylic acids is 1. The highest BCUT2D eigenvalue weighted by Crippen LogP contribution is 1.75. The molecule has 0 heterocycles. The molecule has 0 aliphatic carbocycles. The van der Waals surface area contributed by atoms with E-state index in [1.165, 1.54) is 0 Å². The van der Waals surface area contributed by atoms with Gasteiger partial charge in [0.2, 0.25) is 5.91 Å². The third-order valence-corrected chi connectivity index (χ3v) is 1.16. The fourth-order valence-corrected chi connectivity index (χ4v) is 0.646. The van der Waals surface area contributed by atoms with Gasteiger partial charge in [0.05, 0.1) is 0 Å². The largest absolute Gasteiger partial charge is 0.342 e. The van der Waals surface area contributed by atoms with Crippen LogP contribution in [0.2, 0.25) is 0 Å². The molecule has 1 unspecified atom stereocenters. The third-order valence-electron chi connectivity index (χ3n) is 0.764. The molecule has 60 valence electrons. The summed E-state index contributed by atoms with van der Waals surface area (Å²) in [6, 6.07) is 0. The minimum absolute atomic E-state index is 0.192. The van der Waals surface area contributed by atoms with Gasteiger partial charge in [0.15, 0.2) is 11.1 Å². The quantitative estimate of drug-likeness (QED) is 0.449. The Morgan fingerprint density at radius 3 is 2.70 bits per heavy atom. The number of nitrogens with one attached hydrogen (secondary N) is 1. The zero-order valence-electron chi connectivity index (χ0n) is 5.37. The zero-order chi connectivity index (χ0) is 7.98. The average molecular weight is 166 g/mol. The van der Waals surface area contributed by atoms with Gasteiger partial charge in [-0.2, -0.15) is 0 Å². The number of amides is 1. The van der Waals surface area contributed by atoms with Crippen LogP contribution in [0.3, 0.4) is 0 Å². The summed E-state index contributed by atoms with van der Waals surface area (Å²) >= 11 is -1.96. The molecule has 10 heavy (non-hydrogen) atoms. The molecule has 0 saturated carbocycles. The van der Waals surface area contributed by atoms with E-state index in [0.717, 1.165) is 0 Å². The van der Waals surface area contributed by atoms with Crippen molar-refractivity contribution in [3.8, 4) is 0 Å². The molecule has 0 rings (SSSR count). The Hall–Kier alpha value is -0.460. The Balaban J connectivity index is 3.30. The lowest BCUT2D eigenvalue weighted by molar-refractivity contribution is -0.120. The van der Waals surface area contributed by atoms with Crippen molar-refractivity contribution in [2.24, 2.45) is 5.73 Å². The first-order valence-corrected chi connectivity index (χ1v) is 3.98. The molecule has 0 aliphatic heterocycles. The first-order chi connectivity index (χ1) is 4.66. The van der Waals surface area contributed by atoms with E-state index < -0.39 is 11.1 Å². The van der Waals surface area contributed by atoms with Crippen LogP contribution in [-0.2, 0) is 15.9 Å². The van der Waals surface area contributed by atoms with Gasteiger partial charge in [0, 0.05) is 13.0 Å². The maximum atomic E-state index is 10.5. The minimum Gasteiger partial charge on any atom is -0.342 e. The van der Waals surface area contributed by atoms with Crippen LogP contribution in [0.1, 0.15) is 6.42 Å². The molecule has 0 aromatic carbocycles. The summed E-state index contributed by atoms with van der Waals surface area (Å²) in [5, 5.41) is 2.21. The van der Waals surface area contributed by atoms with E-state index in [9.17, 15) is 9.00 Å². The van der Waals surface area contributed by atoms with Gasteiger partial charge in [-0.1, -0.05) is 0 Å². The molecule has 0 spiro atoms. The highest BCUT2D eigenvalue weighted by molar-refractivity contribution is 7.79. The van der Waals surface area contributed by atoms with E-state index in [2.05, 4.69) is 5.32 Å². The van der Waals surface area contributed by atoms with Gasteiger partial charge in [-0.25, -0.2) is 4.21 Å². The van der Waals surface area contributed by atoms with E-state index in [1.807, 2.05) is 0 Å². The first-order valence-electron chi connectivity index (χ1n) is 2.71. The van der Waals surface area contributed by atoms with Gasteiger partial charge >= 0.3 is 0 Å². The van der Waals surface area contributed by atoms with Gasteiger partial charge < -0.3 is 15.6 Å². The van der Waals surface area contributed by atoms with Crippen molar-refractivity contribution in [1.82, 2.24) is 5.32 Å². The van der Waals surface area contributed by atoms with Gasteiger partial charge in [0.1, 0.15) is 5.88 Å². The Bertz CT molecular complexity index is 138. The summed E-state index contributed by atoms with van der Waals surface area (Å²) in [4.78, 5) is 10.5. The number of hydrogen-bond acceptors (Lipinski definition) is 3. The first kappa shape index (κ1) is 9.54. The second kappa shape index (κ2) is 5.33. The van der Waals surface area contributed by atoms with Crippen molar-refractivity contribution >= 4 is 17.0 Å². The molecular weight excluding hydrogens is 156 g/mol. The van der Waals surface area contributed by atoms with E-state index >= 15 is 0 Å². The fraction of sp³-hybridized carbons (Fsp3) is 0.750. The van der Waals surface area contributed by atoms with Crippen molar-refractivity contribution < 1.29 is 13.6 Å². The Morgan fingerprint density at radius 2 is 2.30 bits per heavy atom. The molecular formula is C4H10N2O3S. The van der Waals surface area contributed by atoms with Crippen LogP contribution in [0, 0.1) is 0 Å². The van der Waals surface area contributed by atoms with E-state index in [1.54, 1.807) is 0 Å². The molecule has 0 aromatic heterocycles. The van der Waals surface area contributed by atoms with Crippen LogP contribution in [0.4, 0.5) is 0 Å². The summed E-state index contributed by atoms with van der Waals surface area (Å²) in [5.41, 5.74) is 5.04. The Labute approximate surface area is 61.3 Å². The highest BCUT2D eigenvalue weighted by Gasteiger charge is 1.99. The van der Waals surface area contributed by atoms with Crippen molar-refractivity contribution in [2.75, 3.05) is 12.4 Å². The molecule has 1 amide bonds. The fourth-order valence-electron chi connectivity index (χ4n) is 0.362. The molecule has 0 fully saturated rings. The molecule has 4 N–H and O–H groups in total. The standard InChI is InChI=1S/C4H10N2O3S/c5-2-1-4(7)6-3-10(8)9/h1-3,5H2,(H,6,7)(H,8,9). The van der Waals surface area contributed by atoms with E-state index in [-0.39, 0.29) is 24.7 Å². The van der Waals surface area contributed by atoms with Crippen LogP contribution in [0.5, 0.6) is 0 Å². The number of nitrogens with two attached hydrogens (primary N) is 1. The second-order valence-corrected chi connectivity index (χ2v) is 2.54. The summed E-state index contributed by atoms with van der Waals surface area (Å²) in [6.07, 6.45) is 0.192. The van der Waals surface area contributed by atoms with Crippen LogP contribution >= 0.6 is 0 Å². The predicted molar refractivity (Wildman–Crippen MR) is 37.5 cm³/mol. The Kier molecular flexibility index (Phi) is 5.09. The normalized spacial score (nSPS) is 12.6.